The summed E-state index contributed by atoms with van der Waals surface area (Å²) in [7, 11) is 0. The number of aryl methyl sites for hydroxylation is 1. The van der Waals surface area contributed by atoms with Gasteiger partial charge in [0.05, 0.1) is 0 Å². The van der Waals surface area contributed by atoms with Gasteiger partial charge in [-0.1, -0.05) is 29.8 Å². The van der Waals surface area contributed by atoms with Gasteiger partial charge >= 0.3 is 0 Å². The first-order chi connectivity index (χ1) is 10.1. The van der Waals surface area contributed by atoms with Crippen LogP contribution in [0.1, 0.15) is 27.9 Å². The van der Waals surface area contributed by atoms with Crippen LogP contribution in [0.5, 0.6) is 5.75 Å². The highest BCUT2D eigenvalue weighted by molar-refractivity contribution is 6.31. The Morgan fingerprint density at radius 1 is 1.19 bits per heavy atom. The van der Waals surface area contributed by atoms with Crippen LogP contribution in [-0.2, 0) is 6.61 Å². The summed E-state index contributed by atoms with van der Waals surface area (Å²) in [6, 6.07) is 13.0. The molecule has 0 heterocycles. The number of hydrogen-bond acceptors (Lipinski definition) is 2. The van der Waals surface area contributed by atoms with Crippen molar-refractivity contribution in [3.63, 3.8) is 0 Å². The van der Waals surface area contributed by atoms with Crippen molar-refractivity contribution in [2.45, 2.75) is 20.0 Å². The number of carbonyl (C=O) groups excluding carboxylic acids is 1. The van der Waals surface area contributed by atoms with Crippen LogP contribution < -0.4 is 4.74 Å². The monoisotopic (exact) mass is 322 g/mol. The van der Waals surface area contributed by atoms with Crippen LogP contribution >= 0.6 is 23.2 Å². The fourth-order valence-corrected chi connectivity index (χ4v) is 2.35. The van der Waals surface area contributed by atoms with Crippen LogP contribution in [0.4, 0.5) is 0 Å². The summed E-state index contributed by atoms with van der Waals surface area (Å²) in [6.07, 6.45) is 0.348. The quantitative estimate of drug-likeness (QED) is 0.550. The van der Waals surface area contributed by atoms with Crippen molar-refractivity contribution in [2.75, 3.05) is 5.88 Å². The summed E-state index contributed by atoms with van der Waals surface area (Å²) in [4.78, 5) is 11.8. The maximum atomic E-state index is 11.8. The lowest BCUT2D eigenvalue weighted by Gasteiger charge is -2.11. The molecule has 2 aromatic rings. The van der Waals surface area contributed by atoms with Crippen LogP contribution in [0.25, 0.3) is 0 Å². The summed E-state index contributed by atoms with van der Waals surface area (Å²) in [6.45, 7) is 2.31. The van der Waals surface area contributed by atoms with Gasteiger partial charge in [-0.3, -0.25) is 4.79 Å². The summed E-state index contributed by atoms with van der Waals surface area (Å²) >= 11 is 11.7. The molecule has 4 heteroatoms. The van der Waals surface area contributed by atoms with Gasteiger partial charge in [0.1, 0.15) is 12.4 Å². The minimum Gasteiger partial charge on any atom is -0.489 e. The number of ether oxygens (including phenoxy) is 1. The lowest BCUT2D eigenvalue weighted by molar-refractivity contribution is 0.0989. The Labute approximate surface area is 134 Å². The second-order valence-electron chi connectivity index (χ2n) is 4.72. The van der Waals surface area contributed by atoms with Crippen molar-refractivity contribution >= 4 is 29.0 Å². The lowest BCUT2D eigenvalue weighted by Crippen LogP contribution is -2.02. The van der Waals surface area contributed by atoms with E-state index in [0.29, 0.717) is 29.5 Å². The average molecular weight is 323 g/mol. The van der Waals surface area contributed by atoms with Crippen molar-refractivity contribution in [1.82, 2.24) is 0 Å². The molecule has 0 N–H and O–H groups in total. The van der Waals surface area contributed by atoms with E-state index in [4.69, 9.17) is 27.9 Å². The zero-order chi connectivity index (χ0) is 15.2. The molecular weight excluding hydrogens is 307 g/mol. The minimum absolute atomic E-state index is 0.0470. The van der Waals surface area contributed by atoms with E-state index >= 15 is 0 Å². The van der Waals surface area contributed by atoms with Gasteiger partial charge in [0.2, 0.25) is 0 Å². The third kappa shape index (κ3) is 4.23. The smallest absolute Gasteiger partial charge is 0.164 e. The zero-order valence-electron chi connectivity index (χ0n) is 11.7. The molecule has 0 amide bonds. The Kier molecular flexibility index (Phi) is 5.66. The van der Waals surface area contributed by atoms with Crippen molar-refractivity contribution in [3.05, 3.63) is 64.2 Å². The van der Waals surface area contributed by atoms with E-state index in [1.165, 1.54) is 0 Å². The van der Waals surface area contributed by atoms with Gasteiger partial charge in [-0.05, 0) is 36.8 Å². The molecule has 2 nitrogen and oxygen atoms in total. The van der Waals surface area contributed by atoms with Gasteiger partial charge in [0, 0.05) is 28.5 Å². The summed E-state index contributed by atoms with van der Waals surface area (Å²) in [5.41, 5.74) is 2.52. The number of alkyl halides is 1. The molecular formula is C17H16Cl2O2. The van der Waals surface area contributed by atoms with E-state index in [1.54, 1.807) is 6.07 Å². The highest BCUT2D eigenvalue weighted by Crippen LogP contribution is 2.23. The van der Waals surface area contributed by atoms with Gasteiger partial charge in [0.25, 0.3) is 0 Å². The van der Waals surface area contributed by atoms with Crippen molar-refractivity contribution < 1.29 is 9.53 Å². The Morgan fingerprint density at radius 3 is 2.62 bits per heavy atom. The zero-order valence-corrected chi connectivity index (χ0v) is 13.2. The number of rotatable bonds is 6. The molecule has 0 saturated carbocycles. The van der Waals surface area contributed by atoms with Crippen molar-refractivity contribution in [2.24, 2.45) is 0 Å². The summed E-state index contributed by atoms with van der Waals surface area (Å²) in [5.74, 6) is 1.13. The number of halogens is 2. The largest absolute Gasteiger partial charge is 0.489 e. The van der Waals surface area contributed by atoms with Crippen molar-refractivity contribution in [3.8, 4) is 5.75 Å². The third-order valence-electron chi connectivity index (χ3n) is 3.16. The van der Waals surface area contributed by atoms with Gasteiger partial charge < -0.3 is 4.74 Å². The Bertz CT molecular complexity index is 638. The van der Waals surface area contributed by atoms with Crippen LogP contribution in [0.3, 0.4) is 0 Å². The molecule has 0 aliphatic carbocycles. The summed E-state index contributed by atoms with van der Waals surface area (Å²) in [5, 5.41) is 0.684. The number of ketones is 1. The molecule has 0 atom stereocenters. The van der Waals surface area contributed by atoms with Crippen molar-refractivity contribution in [1.29, 1.82) is 0 Å². The molecule has 0 bridgehead atoms. The molecule has 0 aliphatic heterocycles. The van der Waals surface area contributed by atoms with Crippen LogP contribution in [0, 0.1) is 6.92 Å². The molecule has 2 rings (SSSR count). The van der Waals surface area contributed by atoms with Crippen LogP contribution in [-0.4, -0.2) is 11.7 Å². The molecule has 0 aliphatic rings. The number of carbonyl (C=O) groups is 1. The SMILES string of the molecule is Cc1cc(C(=O)CCCl)ccc1OCc1ccccc1Cl. The van der Waals surface area contributed by atoms with Crippen LogP contribution in [0.2, 0.25) is 5.02 Å². The second-order valence-corrected chi connectivity index (χ2v) is 5.51. The standard InChI is InChI=1S/C17H16Cl2O2/c1-12-10-13(16(20)8-9-18)6-7-17(12)21-11-14-4-2-3-5-15(14)19/h2-7,10H,8-9,11H2,1H3. The maximum Gasteiger partial charge on any atom is 0.164 e. The molecule has 110 valence electrons. The Morgan fingerprint density at radius 2 is 1.95 bits per heavy atom. The third-order valence-corrected chi connectivity index (χ3v) is 3.72. The van der Waals surface area contributed by atoms with E-state index in [9.17, 15) is 4.79 Å². The van der Waals surface area contributed by atoms with E-state index in [2.05, 4.69) is 0 Å². The first-order valence-corrected chi connectivity index (χ1v) is 7.59. The average Bonchev–Trinajstić information content (AvgIpc) is 2.47. The fourth-order valence-electron chi connectivity index (χ4n) is 1.99. The van der Waals surface area contributed by atoms with Gasteiger partial charge in [-0.25, -0.2) is 0 Å². The number of benzene rings is 2. The first-order valence-electron chi connectivity index (χ1n) is 6.68. The molecule has 21 heavy (non-hydrogen) atoms. The molecule has 0 spiro atoms. The molecule has 0 saturated heterocycles. The molecule has 0 unspecified atom stereocenters. The van der Waals surface area contributed by atoms with E-state index < -0.39 is 0 Å². The molecule has 0 radical (unpaired) electrons. The highest BCUT2D eigenvalue weighted by atomic mass is 35.5. The molecule has 0 fully saturated rings. The van der Waals surface area contributed by atoms with Crippen LogP contribution in [0.15, 0.2) is 42.5 Å². The molecule has 0 aromatic heterocycles. The predicted molar refractivity (Wildman–Crippen MR) is 86.6 cm³/mol. The highest BCUT2D eigenvalue weighted by Gasteiger charge is 2.08. The van der Waals surface area contributed by atoms with E-state index in [1.807, 2.05) is 43.3 Å². The van der Waals surface area contributed by atoms with E-state index in [-0.39, 0.29) is 5.78 Å². The van der Waals surface area contributed by atoms with Gasteiger partial charge in [0.15, 0.2) is 5.78 Å². The Hall–Kier alpha value is -1.51. The van der Waals surface area contributed by atoms with Gasteiger partial charge in [-0.15, -0.1) is 11.6 Å². The molecule has 2 aromatic carbocycles. The lowest BCUT2D eigenvalue weighted by atomic mass is 10.1. The van der Waals surface area contributed by atoms with Gasteiger partial charge in [-0.2, -0.15) is 0 Å². The number of Topliss-reactive ketones (excluding diaryl/α,β-unsaturated/α-hetero) is 1. The summed E-state index contributed by atoms with van der Waals surface area (Å²) < 4.78 is 5.78. The predicted octanol–water partition coefficient (Wildman–Crippen LogP) is 5.04. The Balaban J connectivity index is 2.08. The first kappa shape index (κ1) is 15.9. The fraction of sp³-hybridized carbons (Fsp3) is 0.235. The minimum atomic E-state index is 0.0470. The topological polar surface area (TPSA) is 26.3 Å². The maximum absolute atomic E-state index is 11.8. The second kappa shape index (κ2) is 7.48. The number of hydrogen-bond donors (Lipinski definition) is 0. The normalized spacial score (nSPS) is 10.4. The van der Waals surface area contributed by atoms with E-state index in [0.717, 1.165) is 16.9 Å².